The molecule has 1 saturated heterocycles. The molecule has 0 aromatic carbocycles. The van der Waals surface area contributed by atoms with Crippen LogP contribution in [0, 0.1) is 6.57 Å². The van der Waals surface area contributed by atoms with E-state index in [4.69, 9.17) is 11.3 Å². The first-order valence-electron chi connectivity index (χ1n) is 4.06. The van der Waals surface area contributed by atoms with Crippen molar-refractivity contribution in [1.29, 1.82) is 0 Å². The van der Waals surface area contributed by atoms with Crippen molar-refractivity contribution in [2.24, 2.45) is 0 Å². The first-order chi connectivity index (χ1) is 5.90. The maximum absolute atomic E-state index is 11.6. The van der Waals surface area contributed by atoms with Gasteiger partial charge in [-0.2, -0.15) is 4.72 Å². The van der Waals surface area contributed by atoms with Crippen molar-refractivity contribution < 1.29 is 8.95 Å². The van der Waals surface area contributed by atoms with Gasteiger partial charge in [-0.1, -0.05) is 0 Å². The largest absolute Gasteiger partial charge is 0.361 e. The minimum atomic E-state index is -1.20. The molecule has 1 atom stereocenters. The summed E-state index contributed by atoms with van der Waals surface area (Å²) in [7, 11) is -1.20. The van der Waals surface area contributed by atoms with Gasteiger partial charge in [0.1, 0.15) is 24.2 Å². The Balaban J connectivity index is 2.59. The third-order valence-electron chi connectivity index (χ3n) is 1.73. The molecular weight excluding hydrogens is 188 g/mol. The zero-order valence-corrected chi connectivity index (χ0v) is 8.90. The number of nitrogens with zero attached hydrogens (tertiary/aromatic N) is 1. The second-order valence-corrected chi connectivity index (χ2v) is 6.09. The zero-order valence-electron chi connectivity index (χ0n) is 8.09. The standard InChI is InChI=1S/C8H14N2O2S/c1-7(2,3)13(11)10-8(9-4)5-12-6-8/h10H,5-6H2,1-3H3. The molecule has 0 aliphatic carbocycles. The number of rotatable bonds is 2. The predicted molar refractivity (Wildman–Crippen MR) is 51.2 cm³/mol. The molecule has 0 aromatic rings. The van der Waals surface area contributed by atoms with Crippen LogP contribution >= 0.6 is 0 Å². The van der Waals surface area contributed by atoms with Gasteiger partial charge in [0.05, 0.1) is 4.75 Å². The van der Waals surface area contributed by atoms with Crippen LogP contribution < -0.4 is 4.72 Å². The van der Waals surface area contributed by atoms with E-state index in [1.807, 2.05) is 20.8 Å². The first kappa shape index (κ1) is 10.6. The van der Waals surface area contributed by atoms with Crippen LogP contribution in [0.1, 0.15) is 20.8 Å². The van der Waals surface area contributed by atoms with Crippen LogP contribution in [0.25, 0.3) is 4.85 Å². The average molecular weight is 202 g/mol. The molecule has 0 radical (unpaired) electrons. The van der Waals surface area contributed by atoms with Crippen LogP contribution in [-0.4, -0.2) is 27.8 Å². The molecule has 1 rings (SSSR count). The highest BCUT2D eigenvalue weighted by atomic mass is 32.2. The van der Waals surface area contributed by atoms with Crippen molar-refractivity contribution in [3.05, 3.63) is 11.4 Å². The second kappa shape index (κ2) is 3.37. The highest BCUT2D eigenvalue weighted by Gasteiger charge is 2.48. The lowest BCUT2D eigenvalue weighted by Crippen LogP contribution is -2.60. The Morgan fingerprint density at radius 1 is 1.54 bits per heavy atom. The maximum Gasteiger partial charge on any atom is 0.342 e. The normalized spacial score (nSPS) is 22.9. The Hall–Kier alpha value is -0.440. The smallest absolute Gasteiger partial charge is 0.342 e. The van der Waals surface area contributed by atoms with Crippen LogP contribution in [0.15, 0.2) is 0 Å². The van der Waals surface area contributed by atoms with Gasteiger partial charge in [-0.25, -0.2) is 10.8 Å². The van der Waals surface area contributed by atoms with E-state index in [9.17, 15) is 4.21 Å². The van der Waals surface area contributed by atoms with Gasteiger partial charge in [-0.15, -0.1) is 0 Å². The molecule has 0 bridgehead atoms. The average Bonchev–Trinajstić information content (AvgIpc) is 1.94. The molecule has 1 aliphatic rings. The highest BCUT2D eigenvalue weighted by molar-refractivity contribution is 7.84. The van der Waals surface area contributed by atoms with Crippen LogP contribution in [-0.2, 0) is 15.7 Å². The van der Waals surface area contributed by atoms with Gasteiger partial charge in [-0.3, -0.25) is 4.85 Å². The van der Waals surface area contributed by atoms with E-state index < -0.39 is 16.6 Å². The minimum Gasteiger partial charge on any atom is -0.361 e. The molecule has 1 heterocycles. The van der Waals surface area contributed by atoms with Gasteiger partial charge in [0.15, 0.2) is 0 Å². The predicted octanol–water partition coefficient (Wildman–Crippen LogP) is 0.684. The lowest BCUT2D eigenvalue weighted by molar-refractivity contribution is -0.0374. The molecule has 0 spiro atoms. The fourth-order valence-corrected chi connectivity index (χ4v) is 1.58. The van der Waals surface area contributed by atoms with E-state index in [-0.39, 0.29) is 4.75 Å². The van der Waals surface area contributed by atoms with Gasteiger partial charge in [-0.05, 0) is 20.8 Å². The molecule has 1 N–H and O–H groups in total. The van der Waals surface area contributed by atoms with Crippen LogP contribution in [0.5, 0.6) is 0 Å². The van der Waals surface area contributed by atoms with Crippen molar-refractivity contribution in [2.45, 2.75) is 31.2 Å². The van der Waals surface area contributed by atoms with E-state index in [1.165, 1.54) is 0 Å². The summed E-state index contributed by atoms with van der Waals surface area (Å²) in [6.07, 6.45) is 0. The van der Waals surface area contributed by atoms with Crippen LogP contribution in [0.2, 0.25) is 0 Å². The van der Waals surface area contributed by atoms with E-state index >= 15 is 0 Å². The molecule has 74 valence electrons. The molecule has 1 aliphatic heterocycles. The van der Waals surface area contributed by atoms with E-state index in [2.05, 4.69) is 9.57 Å². The summed E-state index contributed by atoms with van der Waals surface area (Å²) < 4.78 is 19.0. The summed E-state index contributed by atoms with van der Waals surface area (Å²) in [6, 6.07) is 0. The highest BCUT2D eigenvalue weighted by Crippen LogP contribution is 2.21. The summed E-state index contributed by atoms with van der Waals surface area (Å²) in [5, 5.41) is 0. The molecule has 0 aromatic heterocycles. The van der Waals surface area contributed by atoms with Crippen LogP contribution in [0.3, 0.4) is 0 Å². The van der Waals surface area contributed by atoms with E-state index in [0.717, 1.165) is 0 Å². The minimum absolute atomic E-state index is 0.332. The second-order valence-electron chi connectivity index (χ2n) is 4.12. The maximum atomic E-state index is 11.6. The molecule has 1 fully saturated rings. The van der Waals surface area contributed by atoms with Crippen molar-refractivity contribution in [3.8, 4) is 0 Å². The third-order valence-corrected chi connectivity index (χ3v) is 3.41. The number of hydrogen-bond donors (Lipinski definition) is 1. The van der Waals surface area contributed by atoms with Crippen molar-refractivity contribution in [3.63, 3.8) is 0 Å². The van der Waals surface area contributed by atoms with Gasteiger partial charge >= 0.3 is 5.66 Å². The van der Waals surface area contributed by atoms with Gasteiger partial charge < -0.3 is 4.74 Å². The summed E-state index contributed by atoms with van der Waals surface area (Å²) in [4.78, 5) is 3.40. The number of ether oxygens (including phenoxy) is 1. The molecular formula is C8H14N2O2S. The Kier molecular flexibility index (Phi) is 2.76. The van der Waals surface area contributed by atoms with E-state index in [0.29, 0.717) is 13.2 Å². The van der Waals surface area contributed by atoms with Crippen LogP contribution in [0.4, 0.5) is 0 Å². The quantitative estimate of drug-likeness (QED) is 0.669. The fraction of sp³-hybridized carbons (Fsp3) is 0.875. The summed E-state index contributed by atoms with van der Waals surface area (Å²) in [5.41, 5.74) is -0.738. The molecule has 1 unspecified atom stereocenters. The van der Waals surface area contributed by atoms with Crippen molar-refractivity contribution in [2.75, 3.05) is 13.2 Å². The molecule has 4 nitrogen and oxygen atoms in total. The molecule has 0 amide bonds. The topological polar surface area (TPSA) is 42.7 Å². The zero-order chi connectivity index (χ0) is 10.1. The van der Waals surface area contributed by atoms with Gasteiger partial charge in [0.2, 0.25) is 0 Å². The molecule has 13 heavy (non-hydrogen) atoms. The Morgan fingerprint density at radius 2 is 2.08 bits per heavy atom. The van der Waals surface area contributed by atoms with E-state index in [1.54, 1.807) is 0 Å². The third kappa shape index (κ3) is 2.27. The number of hydrogen-bond acceptors (Lipinski definition) is 2. The summed E-state index contributed by atoms with van der Waals surface area (Å²) in [5.74, 6) is 0. The molecule has 0 saturated carbocycles. The lowest BCUT2D eigenvalue weighted by Gasteiger charge is -2.32. The number of nitrogens with one attached hydrogen (secondary N) is 1. The Morgan fingerprint density at radius 3 is 2.31 bits per heavy atom. The summed E-state index contributed by atoms with van der Waals surface area (Å²) >= 11 is 0. The first-order valence-corrected chi connectivity index (χ1v) is 5.21. The fourth-order valence-electron chi connectivity index (χ4n) is 0.767. The van der Waals surface area contributed by atoms with Crippen molar-refractivity contribution >= 4 is 11.0 Å². The molecule has 5 heteroatoms. The Bertz CT molecular complexity index is 260. The SMILES string of the molecule is [C-]#[N+]C1(NS(=O)C(C)(C)C)COC1. The lowest BCUT2D eigenvalue weighted by atomic mass is 10.2. The van der Waals surface area contributed by atoms with Crippen molar-refractivity contribution in [1.82, 2.24) is 4.72 Å². The Labute approximate surface area is 81.1 Å². The van der Waals surface area contributed by atoms with Gasteiger partial charge in [0, 0.05) is 0 Å². The summed E-state index contributed by atoms with van der Waals surface area (Å²) in [6.45, 7) is 13.2. The van der Waals surface area contributed by atoms with Gasteiger partial charge in [0.25, 0.3) is 0 Å². The monoisotopic (exact) mass is 202 g/mol.